The number of hydrogen-bond acceptors (Lipinski definition) is 2. The Labute approximate surface area is 110 Å². The second-order valence-electron chi connectivity index (χ2n) is 5.81. The highest BCUT2D eigenvalue weighted by atomic mass is 16.2. The number of nitrogens with one attached hydrogen (secondary N) is 1. The van der Waals surface area contributed by atoms with Crippen molar-refractivity contribution in [1.29, 1.82) is 0 Å². The summed E-state index contributed by atoms with van der Waals surface area (Å²) in [7, 11) is 0. The molecule has 1 saturated carbocycles. The molecule has 2 rings (SSSR count). The van der Waals surface area contributed by atoms with Crippen LogP contribution in [-0.2, 0) is 0 Å². The third kappa shape index (κ3) is 4.16. The first kappa shape index (κ1) is 13.7. The molecule has 2 fully saturated rings. The van der Waals surface area contributed by atoms with Crippen LogP contribution in [0.5, 0.6) is 0 Å². The molecule has 3 N–H and O–H groups in total. The van der Waals surface area contributed by atoms with Crippen LogP contribution in [-0.4, -0.2) is 36.1 Å². The fourth-order valence-corrected chi connectivity index (χ4v) is 3.22. The van der Waals surface area contributed by atoms with E-state index in [4.69, 9.17) is 5.73 Å². The van der Waals surface area contributed by atoms with Crippen LogP contribution in [0.15, 0.2) is 0 Å². The molecule has 2 amide bonds. The molecule has 0 aromatic heterocycles. The number of primary amides is 1. The minimum absolute atomic E-state index is 0.264. The molecule has 0 bridgehead atoms. The third-order valence-corrected chi connectivity index (χ3v) is 4.38. The number of nitrogens with two attached hydrogens (primary N) is 1. The van der Waals surface area contributed by atoms with Gasteiger partial charge in [-0.15, -0.1) is 0 Å². The Morgan fingerprint density at radius 2 is 1.39 bits per heavy atom. The Hall–Kier alpha value is -0.770. The smallest absolute Gasteiger partial charge is 0.314 e. The molecule has 1 saturated heterocycles. The Kier molecular flexibility index (Phi) is 5.29. The van der Waals surface area contributed by atoms with Crippen LogP contribution in [0.2, 0.25) is 0 Å². The number of carbonyl (C=O) groups is 1. The molecule has 0 aromatic carbocycles. The van der Waals surface area contributed by atoms with Crippen LogP contribution in [0.3, 0.4) is 0 Å². The van der Waals surface area contributed by atoms with Gasteiger partial charge in [-0.1, -0.05) is 32.1 Å². The molecule has 4 nitrogen and oxygen atoms in total. The Morgan fingerprint density at radius 1 is 0.889 bits per heavy atom. The number of likely N-dealkylation sites (tertiary alicyclic amines) is 1. The second-order valence-corrected chi connectivity index (χ2v) is 5.81. The average Bonchev–Trinajstić information content (AvgIpc) is 2.33. The highest BCUT2D eigenvalue weighted by Gasteiger charge is 2.23. The number of nitrogens with zero attached hydrogens (tertiary/aromatic N) is 1. The summed E-state index contributed by atoms with van der Waals surface area (Å²) in [5.74, 6) is 0. The SMILES string of the molecule is NC(=O)N1CCC(NC2CCCCCCC2)CC1. The molecule has 0 spiro atoms. The predicted octanol–water partition coefficient (Wildman–Crippen LogP) is 2.23. The molecule has 1 heterocycles. The van der Waals surface area contributed by atoms with Crippen molar-refractivity contribution < 1.29 is 4.79 Å². The van der Waals surface area contributed by atoms with Crippen LogP contribution in [0, 0.1) is 0 Å². The van der Waals surface area contributed by atoms with Crippen LogP contribution in [0.25, 0.3) is 0 Å². The molecule has 2 aliphatic rings. The van der Waals surface area contributed by atoms with E-state index in [1.165, 1.54) is 44.9 Å². The lowest BCUT2D eigenvalue weighted by Gasteiger charge is -2.34. The second kappa shape index (κ2) is 6.98. The van der Waals surface area contributed by atoms with Crippen molar-refractivity contribution in [2.75, 3.05) is 13.1 Å². The first-order valence-corrected chi connectivity index (χ1v) is 7.56. The molecule has 1 aliphatic heterocycles. The summed E-state index contributed by atoms with van der Waals surface area (Å²) in [6, 6.07) is 1.03. The predicted molar refractivity (Wildman–Crippen MR) is 73.4 cm³/mol. The summed E-state index contributed by atoms with van der Waals surface area (Å²) in [6.45, 7) is 1.64. The highest BCUT2D eigenvalue weighted by Crippen LogP contribution is 2.19. The molecule has 4 heteroatoms. The number of rotatable bonds is 2. The van der Waals surface area contributed by atoms with Crippen molar-refractivity contribution in [3.8, 4) is 0 Å². The van der Waals surface area contributed by atoms with Crippen LogP contribution >= 0.6 is 0 Å². The van der Waals surface area contributed by atoms with E-state index in [9.17, 15) is 4.79 Å². The van der Waals surface area contributed by atoms with E-state index < -0.39 is 0 Å². The quantitative estimate of drug-likeness (QED) is 0.793. The molecule has 0 atom stereocenters. The summed E-state index contributed by atoms with van der Waals surface area (Å²) in [6.07, 6.45) is 11.7. The lowest BCUT2D eigenvalue weighted by molar-refractivity contribution is 0.180. The molecule has 1 aliphatic carbocycles. The lowest BCUT2D eigenvalue weighted by Crippen LogP contribution is -2.49. The minimum atomic E-state index is -0.264. The zero-order valence-corrected chi connectivity index (χ0v) is 11.4. The molecular weight excluding hydrogens is 226 g/mol. The molecule has 0 aromatic rings. The van der Waals surface area contributed by atoms with Crippen LogP contribution in [0.4, 0.5) is 4.79 Å². The maximum atomic E-state index is 11.1. The summed E-state index contributed by atoms with van der Waals surface area (Å²) in [5.41, 5.74) is 5.30. The van der Waals surface area contributed by atoms with E-state index in [1.807, 2.05) is 0 Å². The zero-order valence-electron chi connectivity index (χ0n) is 11.4. The van der Waals surface area contributed by atoms with Gasteiger partial charge in [0.25, 0.3) is 0 Å². The zero-order chi connectivity index (χ0) is 12.8. The first-order chi connectivity index (χ1) is 8.75. The normalized spacial score (nSPS) is 24.6. The van der Waals surface area contributed by atoms with Crippen LogP contribution in [0.1, 0.15) is 57.8 Å². The fraction of sp³-hybridized carbons (Fsp3) is 0.929. The van der Waals surface area contributed by atoms with E-state index in [1.54, 1.807) is 4.90 Å². The average molecular weight is 253 g/mol. The van der Waals surface area contributed by atoms with Gasteiger partial charge in [0.2, 0.25) is 0 Å². The van der Waals surface area contributed by atoms with Crippen molar-refractivity contribution >= 4 is 6.03 Å². The van der Waals surface area contributed by atoms with E-state index in [-0.39, 0.29) is 6.03 Å². The summed E-state index contributed by atoms with van der Waals surface area (Å²) < 4.78 is 0. The van der Waals surface area contributed by atoms with E-state index >= 15 is 0 Å². The lowest BCUT2D eigenvalue weighted by atomic mass is 9.95. The Bertz CT molecular complexity index is 254. The van der Waals surface area contributed by atoms with Gasteiger partial charge in [0.1, 0.15) is 0 Å². The summed E-state index contributed by atoms with van der Waals surface area (Å²) in [4.78, 5) is 12.8. The van der Waals surface area contributed by atoms with Gasteiger partial charge in [-0.2, -0.15) is 0 Å². The van der Waals surface area contributed by atoms with Crippen LogP contribution < -0.4 is 11.1 Å². The molecule has 104 valence electrons. The monoisotopic (exact) mass is 253 g/mol. The summed E-state index contributed by atoms with van der Waals surface area (Å²) in [5, 5.41) is 3.81. The van der Waals surface area contributed by atoms with Gasteiger partial charge in [-0.05, 0) is 25.7 Å². The standard InChI is InChI=1S/C14H27N3O/c15-14(18)17-10-8-13(9-11-17)16-12-6-4-2-1-3-5-7-12/h12-13,16H,1-11H2,(H2,15,18). The first-order valence-electron chi connectivity index (χ1n) is 7.56. The fourth-order valence-electron chi connectivity index (χ4n) is 3.22. The van der Waals surface area contributed by atoms with Gasteiger partial charge in [0.15, 0.2) is 0 Å². The van der Waals surface area contributed by atoms with Crippen molar-refractivity contribution in [1.82, 2.24) is 10.2 Å². The van der Waals surface area contributed by atoms with Crippen molar-refractivity contribution in [2.45, 2.75) is 69.9 Å². The van der Waals surface area contributed by atoms with E-state index in [2.05, 4.69) is 5.32 Å². The Morgan fingerprint density at radius 3 is 1.94 bits per heavy atom. The third-order valence-electron chi connectivity index (χ3n) is 4.38. The van der Waals surface area contributed by atoms with Gasteiger partial charge in [0.05, 0.1) is 0 Å². The summed E-state index contributed by atoms with van der Waals surface area (Å²) >= 11 is 0. The van der Waals surface area contributed by atoms with Gasteiger partial charge >= 0.3 is 6.03 Å². The number of piperidine rings is 1. The largest absolute Gasteiger partial charge is 0.351 e. The number of urea groups is 1. The topological polar surface area (TPSA) is 58.4 Å². The molecular formula is C14H27N3O. The van der Waals surface area contributed by atoms with Crippen molar-refractivity contribution in [2.24, 2.45) is 5.73 Å². The van der Waals surface area contributed by atoms with Gasteiger partial charge in [-0.3, -0.25) is 0 Å². The van der Waals surface area contributed by atoms with E-state index in [0.717, 1.165) is 25.9 Å². The Balaban J connectivity index is 1.71. The minimum Gasteiger partial charge on any atom is -0.351 e. The highest BCUT2D eigenvalue weighted by molar-refractivity contribution is 5.72. The number of hydrogen-bond donors (Lipinski definition) is 2. The van der Waals surface area contributed by atoms with Crippen molar-refractivity contribution in [3.63, 3.8) is 0 Å². The maximum absolute atomic E-state index is 11.1. The van der Waals surface area contributed by atoms with Gasteiger partial charge in [-0.25, -0.2) is 4.79 Å². The molecule has 0 unspecified atom stereocenters. The number of amides is 2. The maximum Gasteiger partial charge on any atom is 0.314 e. The molecule has 0 radical (unpaired) electrons. The van der Waals surface area contributed by atoms with E-state index in [0.29, 0.717) is 12.1 Å². The van der Waals surface area contributed by atoms with Crippen molar-refractivity contribution in [3.05, 3.63) is 0 Å². The van der Waals surface area contributed by atoms with Gasteiger partial charge in [0, 0.05) is 25.2 Å². The molecule has 18 heavy (non-hydrogen) atoms. The van der Waals surface area contributed by atoms with Gasteiger partial charge < -0.3 is 16.0 Å². The number of carbonyl (C=O) groups excluding carboxylic acids is 1.